The van der Waals surface area contributed by atoms with Crippen LogP contribution in [-0.2, 0) is 6.54 Å². The van der Waals surface area contributed by atoms with Gasteiger partial charge in [-0.1, -0.05) is 31.2 Å². The summed E-state index contributed by atoms with van der Waals surface area (Å²) in [5.41, 5.74) is 2.48. The molecule has 0 amide bonds. The van der Waals surface area contributed by atoms with E-state index < -0.39 is 0 Å². The van der Waals surface area contributed by atoms with E-state index in [2.05, 4.69) is 53.0 Å². The number of benzene rings is 1. The molecule has 1 aromatic carbocycles. The van der Waals surface area contributed by atoms with Crippen LogP contribution in [-0.4, -0.2) is 16.6 Å². The van der Waals surface area contributed by atoms with Gasteiger partial charge in [0.15, 0.2) is 0 Å². The van der Waals surface area contributed by atoms with E-state index in [9.17, 15) is 0 Å². The Morgan fingerprint density at radius 2 is 2.00 bits per heavy atom. The van der Waals surface area contributed by atoms with Gasteiger partial charge in [-0.05, 0) is 26.0 Å². The van der Waals surface area contributed by atoms with Crippen LogP contribution in [0.15, 0.2) is 36.7 Å². The van der Waals surface area contributed by atoms with Crippen LogP contribution < -0.4 is 5.32 Å². The number of nitrogens with one attached hydrogen (secondary N) is 1. The van der Waals surface area contributed by atoms with Gasteiger partial charge < -0.3 is 9.88 Å². The molecule has 1 atom stereocenters. The number of hydrogen-bond acceptors (Lipinski definition) is 2. The minimum absolute atomic E-state index is 0.384. The predicted octanol–water partition coefficient (Wildman–Crippen LogP) is 3.24. The van der Waals surface area contributed by atoms with Crippen molar-refractivity contribution in [2.24, 2.45) is 0 Å². The van der Waals surface area contributed by atoms with Gasteiger partial charge in [0.2, 0.25) is 0 Å². The van der Waals surface area contributed by atoms with Crippen LogP contribution in [0, 0.1) is 0 Å². The quantitative estimate of drug-likeness (QED) is 0.873. The number of aromatic nitrogens is 2. The van der Waals surface area contributed by atoms with Crippen LogP contribution in [0.2, 0.25) is 0 Å². The maximum Gasteiger partial charge on any atom is 0.139 e. The zero-order valence-electron chi connectivity index (χ0n) is 11.4. The van der Waals surface area contributed by atoms with Crippen molar-refractivity contribution < 1.29 is 0 Å². The fraction of sp³-hybridized carbons (Fsp3) is 0.400. The topological polar surface area (TPSA) is 29.9 Å². The number of nitrogens with zero attached hydrogens (tertiary/aromatic N) is 2. The molecule has 0 bridgehead atoms. The van der Waals surface area contributed by atoms with Crippen molar-refractivity contribution >= 4 is 0 Å². The summed E-state index contributed by atoms with van der Waals surface area (Å²) in [6.45, 7) is 5.36. The Hall–Kier alpha value is -1.61. The molecule has 1 aromatic heterocycles. The fourth-order valence-corrected chi connectivity index (χ4v) is 2.08. The molecule has 0 saturated carbocycles. The summed E-state index contributed by atoms with van der Waals surface area (Å²) in [4.78, 5) is 4.45. The maximum atomic E-state index is 4.45. The Morgan fingerprint density at radius 3 is 2.61 bits per heavy atom. The summed E-state index contributed by atoms with van der Waals surface area (Å²) in [5.74, 6) is 1.06. The SMILES string of the molecule is CCCn1ccnc1-c1ccc(C(C)NC)cc1. The highest BCUT2D eigenvalue weighted by atomic mass is 15.1. The number of rotatable bonds is 5. The molecule has 0 fully saturated rings. The Labute approximate surface area is 109 Å². The van der Waals surface area contributed by atoms with Gasteiger partial charge in [0.25, 0.3) is 0 Å². The standard InChI is InChI=1S/C15H21N3/c1-4-10-18-11-9-17-15(18)14-7-5-13(6-8-14)12(2)16-3/h5-9,11-12,16H,4,10H2,1-3H3. The van der Waals surface area contributed by atoms with Crippen molar-refractivity contribution in [2.45, 2.75) is 32.9 Å². The molecular weight excluding hydrogens is 222 g/mol. The Balaban J connectivity index is 2.26. The lowest BCUT2D eigenvalue weighted by Crippen LogP contribution is -2.11. The van der Waals surface area contributed by atoms with Gasteiger partial charge in [-0.2, -0.15) is 0 Å². The molecule has 96 valence electrons. The van der Waals surface area contributed by atoms with Gasteiger partial charge in [-0.15, -0.1) is 0 Å². The van der Waals surface area contributed by atoms with Crippen molar-refractivity contribution in [3.05, 3.63) is 42.2 Å². The summed E-state index contributed by atoms with van der Waals surface area (Å²) in [6, 6.07) is 9.02. The van der Waals surface area contributed by atoms with Gasteiger partial charge in [0.05, 0.1) is 0 Å². The average molecular weight is 243 g/mol. The van der Waals surface area contributed by atoms with E-state index in [0.717, 1.165) is 18.8 Å². The van der Waals surface area contributed by atoms with Gasteiger partial charge in [-0.25, -0.2) is 4.98 Å². The first-order valence-electron chi connectivity index (χ1n) is 6.55. The van der Waals surface area contributed by atoms with E-state index in [1.54, 1.807) is 0 Å². The molecule has 1 unspecified atom stereocenters. The molecule has 3 nitrogen and oxygen atoms in total. The van der Waals surface area contributed by atoms with E-state index in [1.807, 2.05) is 19.4 Å². The van der Waals surface area contributed by atoms with E-state index in [0.29, 0.717) is 6.04 Å². The van der Waals surface area contributed by atoms with Gasteiger partial charge in [0.1, 0.15) is 5.82 Å². The summed E-state index contributed by atoms with van der Waals surface area (Å²) in [7, 11) is 1.98. The lowest BCUT2D eigenvalue weighted by Gasteiger charge is -2.11. The van der Waals surface area contributed by atoms with Crippen LogP contribution in [0.1, 0.15) is 31.9 Å². The van der Waals surface area contributed by atoms with Crippen molar-refractivity contribution in [2.75, 3.05) is 7.05 Å². The van der Waals surface area contributed by atoms with Crippen molar-refractivity contribution in [1.82, 2.24) is 14.9 Å². The third kappa shape index (κ3) is 2.62. The molecule has 0 spiro atoms. The van der Waals surface area contributed by atoms with Crippen molar-refractivity contribution in [3.8, 4) is 11.4 Å². The molecule has 0 aliphatic carbocycles. The molecule has 2 aromatic rings. The third-order valence-corrected chi connectivity index (χ3v) is 3.28. The largest absolute Gasteiger partial charge is 0.331 e. The van der Waals surface area contributed by atoms with Crippen molar-refractivity contribution in [3.63, 3.8) is 0 Å². The number of aryl methyl sites for hydroxylation is 1. The first-order chi connectivity index (χ1) is 8.76. The summed E-state index contributed by atoms with van der Waals surface area (Å²) < 4.78 is 2.20. The van der Waals surface area contributed by atoms with Crippen LogP contribution in [0.25, 0.3) is 11.4 Å². The second-order valence-corrected chi connectivity index (χ2v) is 4.58. The van der Waals surface area contributed by atoms with Crippen LogP contribution >= 0.6 is 0 Å². The molecule has 1 N–H and O–H groups in total. The molecule has 0 radical (unpaired) electrons. The highest BCUT2D eigenvalue weighted by molar-refractivity contribution is 5.56. The first-order valence-corrected chi connectivity index (χ1v) is 6.55. The second kappa shape index (κ2) is 5.83. The molecule has 0 saturated heterocycles. The summed E-state index contributed by atoms with van der Waals surface area (Å²) in [6.07, 6.45) is 5.04. The normalized spacial score (nSPS) is 12.6. The van der Waals surface area contributed by atoms with E-state index in [-0.39, 0.29) is 0 Å². The first kappa shape index (κ1) is 12.8. The monoisotopic (exact) mass is 243 g/mol. The summed E-state index contributed by atoms with van der Waals surface area (Å²) >= 11 is 0. The lowest BCUT2D eigenvalue weighted by atomic mass is 10.1. The molecule has 1 heterocycles. The van der Waals surface area contributed by atoms with Crippen LogP contribution in [0.5, 0.6) is 0 Å². The lowest BCUT2D eigenvalue weighted by molar-refractivity contribution is 0.652. The van der Waals surface area contributed by atoms with Gasteiger partial charge in [0, 0.05) is 30.5 Å². The van der Waals surface area contributed by atoms with E-state index >= 15 is 0 Å². The molecular formula is C15H21N3. The smallest absolute Gasteiger partial charge is 0.139 e. The molecule has 0 aliphatic heterocycles. The fourth-order valence-electron chi connectivity index (χ4n) is 2.08. The maximum absolute atomic E-state index is 4.45. The van der Waals surface area contributed by atoms with Crippen LogP contribution in [0.3, 0.4) is 0 Å². The Kier molecular flexibility index (Phi) is 4.15. The average Bonchev–Trinajstić information content (AvgIpc) is 2.87. The van der Waals surface area contributed by atoms with Crippen molar-refractivity contribution in [1.29, 1.82) is 0 Å². The molecule has 18 heavy (non-hydrogen) atoms. The molecule has 2 rings (SSSR count). The minimum atomic E-state index is 0.384. The van der Waals surface area contributed by atoms with E-state index in [1.165, 1.54) is 11.1 Å². The minimum Gasteiger partial charge on any atom is -0.331 e. The summed E-state index contributed by atoms with van der Waals surface area (Å²) in [5, 5.41) is 3.25. The van der Waals surface area contributed by atoms with E-state index in [4.69, 9.17) is 0 Å². The highest BCUT2D eigenvalue weighted by Gasteiger charge is 2.07. The second-order valence-electron chi connectivity index (χ2n) is 4.58. The molecule has 3 heteroatoms. The number of hydrogen-bond donors (Lipinski definition) is 1. The van der Waals surface area contributed by atoms with Gasteiger partial charge in [-0.3, -0.25) is 0 Å². The zero-order valence-corrected chi connectivity index (χ0v) is 11.4. The zero-order chi connectivity index (χ0) is 13.0. The van der Waals surface area contributed by atoms with Crippen LogP contribution in [0.4, 0.5) is 0 Å². The Morgan fingerprint density at radius 1 is 1.28 bits per heavy atom. The number of imidazole rings is 1. The van der Waals surface area contributed by atoms with Gasteiger partial charge >= 0.3 is 0 Å². The molecule has 0 aliphatic rings. The third-order valence-electron chi connectivity index (χ3n) is 3.28. The predicted molar refractivity (Wildman–Crippen MR) is 75.4 cm³/mol. The Bertz CT molecular complexity index is 485. The highest BCUT2D eigenvalue weighted by Crippen LogP contribution is 2.20.